The molecular formula is C29H34FNO5. The minimum atomic E-state index is -0.952. The van der Waals surface area contributed by atoms with E-state index in [2.05, 4.69) is 0 Å². The summed E-state index contributed by atoms with van der Waals surface area (Å²) in [6, 6.07) is 8.43. The number of halogens is 1. The number of ketones is 1. The van der Waals surface area contributed by atoms with Crippen LogP contribution in [0.2, 0.25) is 0 Å². The van der Waals surface area contributed by atoms with Gasteiger partial charge in [-0.2, -0.15) is 0 Å². The summed E-state index contributed by atoms with van der Waals surface area (Å²) in [5.74, 6) is -1.62. The van der Waals surface area contributed by atoms with Gasteiger partial charge >= 0.3 is 5.97 Å². The van der Waals surface area contributed by atoms with Gasteiger partial charge in [0, 0.05) is 32.9 Å². The highest BCUT2D eigenvalue weighted by Gasteiger charge is 2.37. The fraction of sp³-hybridized carbons (Fsp3) is 0.483. The third-order valence-corrected chi connectivity index (χ3v) is 7.46. The summed E-state index contributed by atoms with van der Waals surface area (Å²) < 4.78 is 20.3. The highest BCUT2D eigenvalue weighted by Crippen LogP contribution is 2.41. The van der Waals surface area contributed by atoms with Crippen molar-refractivity contribution < 1.29 is 28.6 Å². The third kappa shape index (κ3) is 5.36. The van der Waals surface area contributed by atoms with E-state index in [0.29, 0.717) is 25.1 Å². The fourth-order valence-corrected chi connectivity index (χ4v) is 5.74. The van der Waals surface area contributed by atoms with E-state index in [-0.39, 0.29) is 48.6 Å². The minimum Gasteiger partial charge on any atom is -0.481 e. The third-order valence-electron chi connectivity index (χ3n) is 7.46. The van der Waals surface area contributed by atoms with Gasteiger partial charge in [0.25, 0.3) is 0 Å². The van der Waals surface area contributed by atoms with Gasteiger partial charge in [-0.3, -0.25) is 14.4 Å². The first-order valence-electron chi connectivity index (χ1n) is 12.6. The molecule has 0 spiro atoms. The zero-order valence-electron chi connectivity index (χ0n) is 21.2. The molecule has 36 heavy (non-hydrogen) atoms. The summed E-state index contributed by atoms with van der Waals surface area (Å²) in [4.78, 5) is 39.3. The first kappa shape index (κ1) is 26.0. The van der Waals surface area contributed by atoms with Crippen molar-refractivity contribution in [1.82, 2.24) is 4.90 Å². The van der Waals surface area contributed by atoms with Crippen LogP contribution in [0.25, 0.3) is 0 Å². The second kappa shape index (κ2) is 10.5. The molecule has 4 rings (SSSR count). The van der Waals surface area contributed by atoms with Gasteiger partial charge in [0.1, 0.15) is 11.9 Å². The topological polar surface area (TPSA) is 83.9 Å². The van der Waals surface area contributed by atoms with Crippen LogP contribution in [0.15, 0.2) is 30.3 Å². The molecule has 1 aliphatic carbocycles. The lowest BCUT2D eigenvalue weighted by Gasteiger charge is -2.37. The Hall–Kier alpha value is -3.06. The van der Waals surface area contributed by atoms with E-state index in [0.717, 1.165) is 40.7 Å². The van der Waals surface area contributed by atoms with Crippen molar-refractivity contribution in [2.45, 2.75) is 76.9 Å². The Morgan fingerprint density at radius 2 is 1.83 bits per heavy atom. The molecule has 1 aliphatic heterocycles. The van der Waals surface area contributed by atoms with Crippen molar-refractivity contribution in [2.75, 3.05) is 13.7 Å². The second-order valence-corrected chi connectivity index (χ2v) is 10.6. The number of carboxylic acid groups (broad SMARTS) is 1. The largest absolute Gasteiger partial charge is 0.481 e. The lowest BCUT2D eigenvalue weighted by Crippen LogP contribution is -2.44. The molecule has 1 amide bonds. The van der Waals surface area contributed by atoms with Gasteiger partial charge in [-0.25, -0.2) is 4.39 Å². The first-order chi connectivity index (χ1) is 17.1. The number of rotatable bonds is 9. The van der Waals surface area contributed by atoms with Crippen LogP contribution in [0.5, 0.6) is 0 Å². The smallest absolute Gasteiger partial charge is 0.303 e. The van der Waals surface area contributed by atoms with Crippen molar-refractivity contribution in [1.29, 1.82) is 0 Å². The highest BCUT2D eigenvalue weighted by molar-refractivity contribution is 5.92. The monoisotopic (exact) mass is 495 g/mol. The quantitative estimate of drug-likeness (QED) is 0.546. The number of carbonyl (C=O) groups excluding carboxylic acids is 2. The zero-order valence-corrected chi connectivity index (χ0v) is 21.2. The number of carbonyl (C=O) groups is 3. The average molecular weight is 496 g/mol. The Morgan fingerprint density at radius 1 is 1.08 bits per heavy atom. The standard InChI is InChI=1S/C29H34FNO5/c1-29(2)11-9-21-14-19(15-23(30)27(21)29)16-24(32)28-22-8-7-18(17-36-3)13-20(22)10-12-31(28)25(33)5-4-6-26(34)35/h7-8,13-15,28H,4-6,9-12,16-17H2,1-3H3,(H,34,35)/t28-/m1/s1. The Morgan fingerprint density at radius 3 is 2.56 bits per heavy atom. The molecule has 2 aromatic carbocycles. The van der Waals surface area contributed by atoms with Crippen molar-refractivity contribution in [2.24, 2.45) is 0 Å². The molecule has 1 N–H and O–H groups in total. The van der Waals surface area contributed by atoms with Gasteiger partial charge < -0.3 is 14.7 Å². The Kier molecular flexibility index (Phi) is 7.59. The number of Topliss-reactive ketones (excluding diaryl/α,β-unsaturated/α-hetero) is 1. The highest BCUT2D eigenvalue weighted by atomic mass is 19.1. The van der Waals surface area contributed by atoms with Gasteiger partial charge in [-0.05, 0) is 70.5 Å². The summed E-state index contributed by atoms with van der Waals surface area (Å²) in [5.41, 5.74) is 4.87. The van der Waals surface area contributed by atoms with Crippen LogP contribution in [-0.4, -0.2) is 41.3 Å². The molecule has 0 saturated heterocycles. The van der Waals surface area contributed by atoms with Crippen LogP contribution >= 0.6 is 0 Å². The number of fused-ring (bicyclic) bond motifs is 2. The summed E-state index contributed by atoms with van der Waals surface area (Å²) in [5, 5.41) is 8.94. The van der Waals surface area contributed by atoms with E-state index in [1.165, 1.54) is 6.07 Å². The van der Waals surface area contributed by atoms with Gasteiger partial charge in [-0.15, -0.1) is 0 Å². The molecule has 0 radical (unpaired) electrons. The summed E-state index contributed by atoms with van der Waals surface area (Å²) in [7, 11) is 1.63. The molecule has 6 nitrogen and oxygen atoms in total. The fourth-order valence-electron chi connectivity index (χ4n) is 5.74. The predicted molar refractivity (Wildman–Crippen MR) is 133 cm³/mol. The predicted octanol–water partition coefficient (Wildman–Crippen LogP) is 4.69. The molecular weight excluding hydrogens is 461 g/mol. The number of methoxy groups -OCH3 is 1. The van der Waals surface area contributed by atoms with Crippen molar-refractivity contribution in [3.8, 4) is 0 Å². The second-order valence-electron chi connectivity index (χ2n) is 10.6. The number of hydrogen-bond acceptors (Lipinski definition) is 4. The maximum Gasteiger partial charge on any atom is 0.303 e. The maximum atomic E-state index is 15.1. The molecule has 7 heteroatoms. The number of aliphatic carboxylic acids is 1. The average Bonchev–Trinajstić information content (AvgIpc) is 3.12. The van der Waals surface area contributed by atoms with Crippen LogP contribution < -0.4 is 0 Å². The Labute approximate surface area is 211 Å². The number of hydrogen-bond donors (Lipinski definition) is 1. The van der Waals surface area contributed by atoms with Crippen molar-refractivity contribution in [3.63, 3.8) is 0 Å². The molecule has 192 valence electrons. The minimum absolute atomic E-state index is 0.0213. The van der Waals surface area contributed by atoms with E-state index < -0.39 is 12.0 Å². The molecule has 0 saturated carbocycles. The van der Waals surface area contributed by atoms with Gasteiger partial charge in [-0.1, -0.05) is 38.1 Å². The molecule has 0 bridgehead atoms. The maximum absolute atomic E-state index is 15.1. The molecule has 1 atom stereocenters. The number of carboxylic acids is 1. The van der Waals surface area contributed by atoms with E-state index in [1.807, 2.05) is 38.1 Å². The van der Waals surface area contributed by atoms with Crippen molar-refractivity contribution >= 4 is 17.7 Å². The van der Waals surface area contributed by atoms with Crippen LogP contribution in [0.1, 0.15) is 79.0 Å². The molecule has 1 heterocycles. The molecule has 0 fully saturated rings. The SMILES string of the molecule is COCc1ccc2c(c1)CCN(C(=O)CCCC(=O)O)[C@H]2C(=O)Cc1cc(F)c2c(c1)CCC2(C)C. The Balaban J connectivity index is 1.63. The van der Waals surface area contributed by atoms with Gasteiger partial charge in [0.05, 0.1) is 6.61 Å². The van der Waals surface area contributed by atoms with Crippen LogP contribution in [-0.2, 0) is 50.4 Å². The zero-order chi connectivity index (χ0) is 26.0. The van der Waals surface area contributed by atoms with E-state index in [9.17, 15) is 14.4 Å². The van der Waals surface area contributed by atoms with E-state index in [1.54, 1.807) is 12.0 Å². The molecule has 0 aromatic heterocycles. The van der Waals surface area contributed by atoms with Gasteiger partial charge in [0.15, 0.2) is 5.78 Å². The normalized spacial score (nSPS) is 18.0. The molecule has 2 aliphatic rings. The van der Waals surface area contributed by atoms with Crippen LogP contribution in [0.4, 0.5) is 4.39 Å². The Bertz CT molecular complexity index is 1190. The van der Waals surface area contributed by atoms with Gasteiger partial charge in [0.2, 0.25) is 5.91 Å². The van der Waals surface area contributed by atoms with E-state index >= 15 is 4.39 Å². The number of ether oxygens (including phenoxy) is 1. The van der Waals surface area contributed by atoms with Crippen LogP contribution in [0, 0.1) is 5.82 Å². The number of amides is 1. The molecule has 0 unspecified atom stereocenters. The molecule has 2 aromatic rings. The summed E-state index contributed by atoms with van der Waals surface area (Å²) in [6.45, 7) is 4.90. The summed E-state index contributed by atoms with van der Waals surface area (Å²) >= 11 is 0. The summed E-state index contributed by atoms with van der Waals surface area (Å²) in [6.07, 6.45) is 2.46. The van der Waals surface area contributed by atoms with E-state index in [4.69, 9.17) is 9.84 Å². The lowest BCUT2D eigenvalue weighted by molar-refractivity contribution is -0.141. The van der Waals surface area contributed by atoms with Crippen molar-refractivity contribution in [3.05, 3.63) is 69.5 Å². The lowest BCUT2D eigenvalue weighted by atomic mass is 9.84. The van der Waals surface area contributed by atoms with Crippen LogP contribution in [0.3, 0.4) is 0 Å². The number of benzene rings is 2. The number of nitrogens with zero attached hydrogens (tertiary/aromatic N) is 1. The first-order valence-corrected chi connectivity index (χ1v) is 12.6. The number of aryl methyl sites for hydroxylation is 1.